The van der Waals surface area contributed by atoms with E-state index in [4.69, 9.17) is 9.47 Å². The summed E-state index contributed by atoms with van der Waals surface area (Å²) in [7, 11) is 5.05. The van der Waals surface area contributed by atoms with Crippen LogP contribution in [-0.2, 0) is 16.1 Å². The van der Waals surface area contributed by atoms with Gasteiger partial charge in [0.1, 0.15) is 0 Å². The third-order valence-electron chi connectivity index (χ3n) is 4.78. The molecule has 9 heteroatoms. The predicted octanol–water partition coefficient (Wildman–Crippen LogP) is 1.64. The molecule has 1 atom stereocenters. The van der Waals surface area contributed by atoms with Gasteiger partial charge >= 0.3 is 0 Å². The van der Waals surface area contributed by atoms with Gasteiger partial charge in [0, 0.05) is 19.6 Å². The van der Waals surface area contributed by atoms with Crippen molar-refractivity contribution >= 4 is 28.8 Å². The van der Waals surface area contributed by atoms with E-state index in [9.17, 15) is 14.4 Å². The number of rotatable bonds is 9. The van der Waals surface area contributed by atoms with Crippen LogP contribution in [0.15, 0.2) is 12.1 Å². The Morgan fingerprint density at radius 3 is 2.50 bits per heavy atom. The molecule has 8 nitrogen and oxygen atoms in total. The van der Waals surface area contributed by atoms with Crippen LogP contribution in [0.4, 0.5) is 4.79 Å². The fraction of sp³-hybridized carbons (Fsp3) is 0.526. The maximum absolute atomic E-state index is 12.4. The summed E-state index contributed by atoms with van der Waals surface area (Å²) in [5.74, 6) is 1.12. The summed E-state index contributed by atoms with van der Waals surface area (Å²) in [6.07, 6.45) is 0. The van der Waals surface area contributed by atoms with Crippen LogP contribution in [-0.4, -0.2) is 73.0 Å². The number of nitrogens with zero attached hydrogens (tertiary/aromatic N) is 2. The average molecular weight is 410 g/mol. The van der Waals surface area contributed by atoms with Crippen molar-refractivity contribution in [2.75, 3.05) is 40.1 Å². The molecule has 0 aromatic heterocycles. The number of amides is 3. The van der Waals surface area contributed by atoms with Crippen LogP contribution < -0.4 is 14.8 Å². The Kier molecular flexibility index (Phi) is 7.70. The van der Waals surface area contributed by atoms with Gasteiger partial charge in [0.2, 0.25) is 11.8 Å². The molecule has 0 spiro atoms. The second-order valence-corrected chi connectivity index (χ2v) is 7.54. The number of nitrogens with one attached hydrogen (secondary N) is 1. The first-order chi connectivity index (χ1) is 13.3. The number of methoxy groups -OCH3 is 2. The molecule has 3 amide bonds. The molecule has 28 heavy (non-hydrogen) atoms. The lowest BCUT2D eigenvalue weighted by molar-refractivity contribution is -0.127. The lowest BCUT2D eigenvalue weighted by atomic mass is 10.1. The minimum absolute atomic E-state index is 0.160. The van der Waals surface area contributed by atoms with Gasteiger partial charge in [-0.05, 0) is 44.2 Å². The van der Waals surface area contributed by atoms with Crippen molar-refractivity contribution < 1.29 is 23.9 Å². The zero-order valence-electron chi connectivity index (χ0n) is 16.9. The molecule has 0 saturated carbocycles. The minimum atomic E-state index is -0.383. The van der Waals surface area contributed by atoms with E-state index in [2.05, 4.69) is 5.32 Å². The number of ether oxygens (including phenoxy) is 2. The van der Waals surface area contributed by atoms with E-state index < -0.39 is 0 Å². The molecule has 0 bridgehead atoms. The van der Waals surface area contributed by atoms with Crippen molar-refractivity contribution in [3.05, 3.63) is 23.3 Å². The maximum Gasteiger partial charge on any atom is 0.288 e. The van der Waals surface area contributed by atoms with Crippen LogP contribution >= 0.6 is 11.8 Å². The number of hydrogen-bond donors (Lipinski definition) is 1. The standard InChI is InChI=1S/C19H27N3O5S/c1-12-8-15(26-4)16(27-5)9-14(12)10-21(3)13(2)18(24)20-6-7-22-17(23)11-28-19(22)25/h8-9,13H,6-7,10-11H2,1-5H3,(H,20,24)/t13-/m0/s1. The number of imide groups is 1. The first-order valence-electron chi connectivity index (χ1n) is 8.95. The molecule has 1 aliphatic heterocycles. The van der Waals surface area contributed by atoms with Gasteiger partial charge in [0.05, 0.1) is 26.0 Å². The molecular formula is C19H27N3O5S. The number of carbonyl (C=O) groups is 3. The number of thioether (sulfide) groups is 1. The van der Waals surface area contributed by atoms with Gasteiger partial charge in [-0.15, -0.1) is 0 Å². The van der Waals surface area contributed by atoms with Gasteiger partial charge in [-0.2, -0.15) is 0 Å². The van der Waals surface area contributed by atoms with E-state index in [1.165, 1.54) is 4.90 Å². The number of hydrogen-bond acceptors (Lipinski definition) is 7. The molecule has 1 aliphatic rings. The van der Waals surface area contributed by atoms with Gasteiger partial charge in [0.15, 0.2) is 11.5 Å². The second-order valence-electron chi connectivity index (χ2n) is 6.62. The molecule has 2 rings (SSSR count). The van der Waals surface area contributed by atoms with Crippen molar-refractivity contribution in [3.8, 4) is 11.5 Å². The molecule has 154 valence electrons. The van der Waals surface area contributed by atoms with E-state index in [0.29, 0.717) is 18.0 Å². The normalized spacial score (nSPS) is 15.1. The van der Waals surface area contributed by atoms with Crippen LogP contribution in [0, 0.1) is 6.92 Å². The molecule has 1 aromatic rings. The molecular weight excluding hydrogens is 382 g/mol. The Morgan fingerprint density at radius 1 is 1.29 bits per heavy atom. The van der Waals surface area contributed by atoms with Crippen molar-refractivity contribution in [2.24, 2.45) is 0 Å². The van der Waals surface area contributed by atoms with E-state index in [0.717, 1.165) is 22.9 Å². The highest BCUT2D eigenvalue weighted by atomic mass is 32.2. The average Bonchev–Trinajstić information content (AvgIpc) is 3.00. The lowest BCUT2D eigenvalue weighted by Crippen LogP contribution is -2.45. The fourth-order valence-electron chi connectivity index (χ4n) is 2.83. The summed E-state index contributed by atoms with van der Waals surface area (Å²) in [6, 6.07) is 3.44. The maximum atomic E-state index is 12.4. The SMILES string of the molecule is COc1cc(C)c(CN(C)[C@@H](C)C(=O)NCCN2C(=O)CSC2=O)cc1OC. The van der Waals surface area contributed by atoms with Crippen molar-refractivity contribution in [3.63, 3.8) is 0 Å². The van der Waals surface area contributed by atoms with Gasteiger partial charge in [-0.1, -0.05) is 11.8 Å². The lowest BCUT2D eigenvalue weighted by Gasteiger charge is -2.25. The fourth-order valence-corrected chi connectivity index (χ4v) is 3.59. The highest BCUT2D eigenvalue weighted by molar-refractivity contribution is 8.14. The number of likely N-dealkylation sites (N-methyl/N-ethyl adjacent to an activating group) is 1. The molecule has 1 aromatic carbocycles. The van der Waals surface area contributed by atoms with Gasteiger partial charge in [-0.3, -0.25) is 24.2 Å². The predicted molar refractivity (Wildman–Crippen MR) is 108 cm³/mol. The van der Waals surface area contributed by atoms with Crippen LogP contribution in [0.5, 0.6) is 11.5 Å². The summed E-state index contributed by atoms with van der Waals surface area (Å²) in [5, 5.41) is 2.54. The van der Waals surface area contributed by atoms with E-state index in [-0.39, 0.29) is 41.9 Å². The minimum Gasteiger partial charge on any atom is -0.493 e. The highest BCUT2D eigenvalue weighted by Gasteiger charge is 2.29. The summed E-state index contributed by atoms with van der Waals surface area (Å²) in [6.45, 7) is 4.79. The van der Waals surface area contributed by atoms with Gasteiger partial charge in [0.25, 0.3) is 5.24 Å². The first kappa shape index (κ1) is 22.0. The molecule has 1 N–H and O–H groups in total. The molecule has 0 radical (unpaired) electrons. The van der Waals surface area contributed by atoms with Crippen molar-refractivity contribution in [1.82, 2.24) is 15.1 Å². The zero-order chi connectivity index (χ0) is 20.8. The molecule has 1 saturated heterocycles. The summed E-state index contributed by atoms with van der Waals surface area (Å²) in [4.78, 5) is 38.7. The number of carbonyl (C=O) groups excluding carboxylic acids is 3. The highest BCUT2D eigenvalue weighted by Crippen LogP contribution is 2.30. The van der Waals surface area contributed by atoms with Crippen LogP contribution in [0.3, 0.4) is 0 Å². The second kappa shape index (κ2) is 9.79. The zero-order valence-corrected chi connectivity index (χ0v) is 17.7. The first-order valence-corrected chi connectivity index (χ1v) is 9.93. The van der Waals surface area contributed by atoms with E-state index >= 15 is 0 Å². The monoisotopic (exact) mass is 409 g/mol. The molecule has 0 unspecified atom stereocenters. The van der Waals surface area contributed by atoms with Gasteiger partial charge in [-0.25, -0.2) is 0 Å². The van der Waals surface area contributed by atoms with E-state index in [1.807, 2.05) is 37.9 Å². The number of benzene rings is 1. The summed E-state index contributed by atoms with van der Waals surface area (Å²) >= 11 is 0.989. The van der Waals surface area contributed by atoms with E-state index in [1.54, 1.807) is 14.2 Å². The van der Waals surface area contributed by atoms with Crippen LogP contribution in [0.1, 0.15) is 18.1 Å². The quantitative estimate of drug-likeness (QED) is 0.663. The van der Waals surface area contributed by atoms with Crippen molar-refractivity contribution in [1.29, 1.82) is 0 Å². The van der Waals surface area contributed by atoms with Crippen LogP contribution in [0.25, 0.3) is 0 Å². The Labute approximate surface area is 169 Å². The third kappa shape index (κ3) is 5.17. The Morgan fingerprint density at radius 2 is 1.93 bits per heavy atom. The largest absolute Gasteiger partial charge is 0.493 e. The molecule has 1 heterocycles. The summed E-state index contributed by atoms with van der Waals surface area (Å²) < 4.78 is 10.7. The van der Waals surface area contributed by atoms with Gasteiger partial charge < -0.3 is 14.8 Å². The Bertz CT molecular complexity index is 739. The number of aryl methyl sites for hydroxylation is 1. The smallest absolute Gasteiger partial charge is 0.288 e. The molecule has 0 aliphatic carbocycles. The topological polar surface area (TPSA) is 88.2 Å². The van der Waals surface area contributed by atoms with Crippen molar-refractivity contribution in [2.45, 2.75) is 26.4 Å². The summed E-state index contributed by atoms with van der Waals surface area (Å²) in [5.41, 5.74) is 2.07. The Balaban J connectivity index is 1.91. The molecule has 1 fully saturated rings. The Hall–Kier alpha value is -2.26. The van der Waals surface area contributed by atoms with Crippen LogP contribution in [0.2, 0.25) is 0 Å². The third-order valence-corrected chi connectivity index (χ3v) is 5.64.